The van der Waals surface area contributed by atoms with Crippen LogP contribution >= 0.6 is 0 Å². The van der Waals surface area contributed by atoms with Crippen molar-refractivity contribution >= 4 is 5.91 Å². The number of piperidine rings is 1. The smallest absolute Gasteiger partial charge is 0.224 e. The minimum Gasteiger partial charge on any atom is -0.349 e. The molecule has 2 unspecified atom stereocenters. The Labute approximate surface area is 132 Å². The van der Waals surface area contributed by atoms with Crippen LogP contribution in [0.3, 0.4) is 0 Å². The van der Waals surface area contributed by atoms with Gasteiger partial charge in [0.05, 0.1) is 11.7 Å². The normalized spacial score (nSPS) is 24.3. The zero-order valence-electron chi connectivity index (χ0n) is 14.2. The highest BCUT2D eigenvalue weighted by atomic mass is 16.2. The predicted molar refractivity (Wildman–Crippen MR) is 86.5 cm³/mol. The number of hydrogen-bond acceptors (Lipinski definition) is 3. The fourth-order valence-corrected chi connectivity index (χ4v) is 4.14. The molecule has 1 saturated heterocycles. The van der Waals surface area contributed by atoms with Crippen LogP contribution in [0.4, 0.5) is 0 Å². The molecule has 1 aliphatic carbocycles. The Morgan fingerprint density at radius 3 is 2.68 bits per heavy atom. The van der Waals surface area contributed by atoms with Crippen molar-refractivity contribution in [3.05, 3.63) is 17.0 Å². The topological polar surface area (TPSA) is 59.0 Å². The lowest BCUT2D eigenvalue weighted by Crippen LogP contribution is -2.35. The van der Waals surface area contributed by atoms with Gasteiger partial charge in [-0.1, -0.05) is 6.92 Å². The number of carbonyl (C=O) groups is 1. The number of hydrogen-bond donors (Lipinski definition) is 2. The molecule has 2 heterocycles. The molecule has 1 amide bonds. The summed E-state index contributed by atoms with van der Waals surface area (Å²) in [5, 5.41) is 11.2. The molecule has 1 aromatic heterocycles. The Balaban J connectivity index is 1.70. The molecule has 2 atom stereocenters. The summed E-state index contributed by atoms with van der Waals surface area (Å²) >= 11 is 0. The van der Waals surface area contributed by atoms with Gasteiger partial charge in [0.2, 0.25) is 5.91 Å². The number of carbonyl (C=O) groups excluding carboxylic acids is 1. The van der Waals surface area contributed by atoms with Crippen LogP contribution < -0.4 is 10.6 Å². The molecule has 5 heteroatoms. The van der Waals surface area contributed by atoms with Crippen molar-refractivity contribution < 1.29 is 4.79 Å². The van der Waals surface area contributed by atoms with Crippen LogP contribution in [-0.2, 0) is 11.8 Å². The summed E-state index contributed by atoms with van der Waals surface area (Å²) in [6.45, 7) is 8.35. The fourth-order valence-electron chi connectivity index (χ4n) is 4.14. The van der Waals surface area contributed by atoms with Crippen LogP contribution in [0.5, 0.6) is 0 Å². The Hall–Kier alpha value is -1.36. The molecule has 1 aliphatic heterocycles. The van der Waals surface area contributed by atoms with Gasteiger partial charge in [-0.05, 0) is 58.0 Å². The minimum atomic E-state index is 0.0839. The summed E-state index contributed by atoms with van der Waals surface area (Å²) in [6, 6.07) is 0.0839. The zero-order valence-corrected chi connectivity index (χ0v) is 14.2. The van der Waals surface area contributed by atoms with Gasteiger partial charge in [-0.2, -0.15) is 5.10 Å². The molecule has 0 aromatic carbocycles. The van der Waals surface area contributed by atoms with Crippen molar-refractivity contribution in [1.29, 1.82) is 0 Å². The average Bonchev–Trinajstić information content (AvgIpc) is 3.12. The molecule has 22 heavy (non-hydrogen) atoms. The molecule has 0 radical (unpaired) electrons. The van der Waals surface area contributed by atoms with E-state index in [1.807, 2.05) is 18.7 Å². The van der Waals surface area contributed by atoms with Gasteiger partial charge < -0.3 is 10.6 Å². The molecule has 2 fully saturated rings. The first-order chi connectivity index (χ1) is 10.5. The van der Waals surface area contributed by atoms with Crippen LogP contribution in [0.1, 0.15) is 55.6 Å². The Morgan fingerprint density at radius 1 is 1.45 bits per heavy atom. The number of aromatic nitrogens is 2. The van der Waals surface area contributed by atoms with Gasteiger partial charge in [-0.3, -0.25) is 9.48 Å². The van der Waals surface area contributed by atoms with E-state index in [0.717, 1.165) is 50.2 Å². The van der Waals surface area contributed by atoms with Crippen LogP contribution in [0, 0.1) is 25.2 Å². The van der Waals surface area contributed by atoms with E-state index in [-0.39, 0.29) is 17.9 Å². The maximum atomic E-state index is 12.7. The number of nitrogens with zero attached hydrogens (tertiary/aromatic N) is 2. The third-order valence-corrected chi connectivity index (χ3v) is 5.74. The molecule has 2 N–H and O–H groups in total. The molecular weight excluding hydrogens is 276 g/mol. The first-order valence-corrected chi connectivity index (χ1v) is 8.49. The maximum Gasteiger partial charge on any atom is 0.224 e. The first kappa shape index (κ1) is 15.5. The van der Waals surface area contributed by atoms with Crippen molar-refractivity contribution in [2.75, 3.05) is 13.1 Å². The summed E-state index contributed by atoms with van der Waals surface area (Å²) in [4.78, 5) is 12.7. The van der Waals surface area contributed by atoms with E-state index in [1.165, 1.54) is 5.56 Å². The second-order valence-corrected chi connectivity index (χ2v) is 7.05. The standard InChI is InChI=1S/C17H28N4O/c1-5-14(15-11(2)20-21(4)12(15)3)19-16(22)13-10-17(13)6-8-18-9-7-17/h13-14,18H,5-10H2,1-4H3,(H,19,22). The summed E-state index contributed by atoms with van der Waals surface area (Å²) < 4.78 is 1.91. The Kier molecular flexibility index (Phi) is 4.02. The molecule has 1 aromatic rings. The van der Waals surface area contributed by atoms with Crippen molar-refractivity contribution in [2.45, 2.75) is 52.5 Å². The highest BCUT2D eigenvalue weighted by molar-refractivity contribution is 5.83. The van der Waals surface area contributed by atoms with Crippen molar-refractivity contribution in [3.63, 3.8) is 0 Å². The maximum absolute atomic E-state index is 12.7. The average molecular weight is 304 g/mol. The van der Waals surface area contributed by atoms with Crippen LogP contribution in [0.2, 0.25) is 0 Å². The quantitative estimate of drug-likeness (QED) is 0.894. The number of amides is 1. The van der Waals surface area contributed by atoms with E-state index in [0.29, 0.717) is 5.41 Å². The second kappa shape index (κ2) is 5.69. The van der Waals surface area contributed by atoms with E-state index < -0.39 is 0 Å². The first-order valence-electron chi connectivity index (χ1n) is 8.49. The number of aryl methyl sites for hydroxylation is 2. The van der Waals surface area contributed by atoms with E-state index in [9.17, 15) is 4.79 Å². The van der Waals surface area contributed by atoms with Gasteiger partial charge in [-0.25, -0.2) is 0 Å². The molecule has 2 aliphatic rings. The van der Waals surface area contributed by atoms with Crippen molar-refractivity contribution in [1.82, 2.24) is 20.4 Å². The lowest BCUT2D eigenvalue weighted by atomic mass is 9.91. The van der Waals surface area contributed by atoms with Gasteiger partial charge >= 0.3 is 0 Å². The van der Waals surface area contributed by atoms with Crippen LogP contribution in [0.15, 0.2) is 0 Å². The summed E-state index contributed by atoms with van der Waals surface area (Å²) in [7, 11) is 1.96. The van der Waals surface area contributed by atoms with Gasteiger partial charge in [-0.15, -0.1) is 0 Å². The number of nitrogens with one attached hydrogen (secondary N) is 2. The third kappa shape index (κ3) is 2.56. The summed E-state index contributed by atoms with van der Waals surface area (Å²) in [5.41, 5.74) is 3.67. The van der Waals surface area contributed by atoms with Crippen molar-refractivity contribution in [3.8, 4) is 0 Å². The summed E-state index contributed by atoms with van der Waals surface area (Å²) in [5.74, 6) is 0.470. The van der Waals surface area contributed by atoms with Gasteiger partial charge in [0.15, 0.2) is 0 Å². The van der Waals surface area contributed by atoms with Gasteiger partial charge in [0.1, 0.15) is 0 Å². The van der Waals surface area contributed by atoms with Crippen LogP contribution in [0.25, 0.3) is 0 Å². The largest absolute Gasteiger partial charge is 0.349 e. The van der Waals surface area contributed by atoms with E-state index in [2.05, 4.69) is 29.6 Å². The third-order valence-electron chi connectivity index (χ3n) is 5.74. The Morgan fingerprint density at radius 2 is 2.14 bits per heavy atom. The predicted octanol–water partition coefficient (Wildman–Crippen LogP) is 1.99. The van der Waals surface area contributed by atoms with Gasteiger partial charge in [0.25, 0.3) is 0 Å². The lowest BCUT2D eigenvalue weighted by molar-refractivity contribution is -0.124. The Bertz CT molecular complexity index is 571. The lowest BCUT2D eigenvalue weighted by Gasteiger charge is -2.24. The van der Waals surface area contributed by atoms with Crippen molar-refractivity contribution in [2.24, 2.45) is 18.4 Å². The SMILES string of the molecule is CCC(NC(=O)C1CC12CCNCC2)c1c(C)nn(C)c1C. The molecule has 5 nitrogen and oxygen atoms in total. The van der Waals surface area contributed by atoms with Crippen LogP contribution in [-0.4, -0.2) is 28.8 Å². The highest BCUT2D eigenvalue weighted by Gasteiger charge is 2.57. The summed E-state index contributed by atoms with van der Waals surface area (Å²) in [6.07, 6.45) is 4.27. The zero-order chi connectivity index (χ0) is 15.9. The molecule has 0 bridgehead atoms. The molecule has 3 rings (SSSR count). The van der Waals surface area contributed by atoms with E-state index >= 15 is 0 Å². The molecular formula is C17H28N4O. The fraction of sp³-hybridized carbons (Fsp3) is 0.765. The molecule has 1 spiro atoms. The van der Waals surface area contributed by atoms with E-state index in [4.69, 9.17) is 0 Å². The number of rotatable bonds is 4. The molecule has 1 saturated carbocycles. The van der Waals surface area contributed by atoms with Gasteiger partial charge in [0, 0.05) is 24.2 Å². The monoisotopic (exact) mass is 304 g/mol. The van der Waals surface area contributed by atoms with E-state index in [1.54, 1.807) is 0 Å². The highest BCUT2D eigenvalue weighted by Crippen LogP contribution is 2.58. The molecule has 122 valence electrons. The second-order valence-electron chi connectivity index (χ2n) is 7.05. The minimum absolute atomic E-state index is 0.0839.